The number of rotatable bonds is 0. The number of nitrogens with one attached hydrogen (secondary N) is 1. The molecule has 2 saturated heterocycles. The molecule has 11 heavy (non-hydrogen) atoms. The van der Waals surface area contributed by atoms with Gasteiger partial charge in [-0.1, -0.05) is 0 Å². The van der Waals surface area contributed by atoms with Gasteiger partial charge in [0.2, 0.25) is 5.91 Å². The molecule has 2 bridgehead atoms. The number of hydrogen-bond donors (Lipinski definition) is 1. The zero-order valence-electron chi connectivity index (χ0n) is 6.84. The monoisotopic (exact) mass is 154 g/mol. The van der Waals surface area contributed by atoms with E-state index in [4.69, 9.17) is 0 Å². The van der Waals surface area contributed by atoms with E-state index in [1.54, 1.807) is 0 Å². The molecular weight excluding hydrogens is 140 g/mol. The van der Waals surface area contributed by atoms with Crippen molar-refractivity contribution in [3.05, 3.63) is 0 Å². The van der Waals surface area contributed by atoms with Gasteiger partial charge in [-0.25, -0.2) is 0 Å². The number of amides is 1. The highest BCUT2D eigenvalue weighted by Crippen LogP contribution is 2.19. The van der Waals surface area contributed by atoms with Crippen LogP contribution >= 0.6 is 0 Å². The number of fused-ring (bicyclic) bond motifs is 2. The first-order valence-corrected chi connectivity index (χ1v) is 4.28. The Morgan fingerprint density at radius 3 is 3.18 bits per heavy atom. The van der Waals surface area contributed by atoms with Crippen LogP contribution in [0.25, 0.3) is 0 Å². The molecule has 1 amide bonds. The normalized spacial score (nSPS) is 37.5. The molecule has 2 heterocycles. The summed E-state index contributed by atoms with van der Waals surface area (Å²) >= 11 is 0. The van der Waals surface area contributed by atoms with Crippen LogP contribution in [0.5, 0.6) is 0 Å². The first-order chi connectivity index (χ1) is 5.27. The molecular formula is C8H14N2O. The van der Waals surface area contributed by atoms with E-state index in [0.29, 0.717) is 6.04 Å². The van der Waals surface area contributed by atoms with Crippen molar-refractivity contribution in [2.45, 2.75) is 31.3 Å². The van der Waals surface area contributed by atoms with Gasteiger partial charge in [0, 0.05) is 19.6 Å². The lowest BCUT2D eigenvalue weighted by atomic mass is 9.94. The molecule has 2 aliphatic heterocycles. The standard InChI is InChI=1S/C8H14N2O/c1-10-5-6-3-2-4-7(9-6)8(10)11/h6-7,9H,2-5H2,1H3. The molecule has 3 heteroatoms. The van der Waals surface area contributed by atoms with Crippen molar-refractivity contribution in [1.82, 2.24) is 10.2 Å². The molecule has 62 valence electrons. The van der Waals surface area contributed by atoms with Gasteiger partial charge in [-0.05, 0) is 19.3 Å². The quantitative estimate of drug-likeness (QED) is 0.531. The minimum absolute atomic E-state index is 0.132. The third-order valence-electron chi connectivity index (χ3n) is 2.65. The summed E-state index contributed by atoms with van der Waals surface area (Å²) in [6.07, 6.45) is 3.47. The van der Waals surface area contributed by atoms with E-state index in [2.05, 4.69) is 5.32 Å². The highest BCUT2D eigenvalue weighted by atomic mass is 16.2. The van der Waals surface area contributed by atoms with Gasteiger partial charge in [0.25, 0.3) is 0 Å². The van der Waals surface area contributed by atoms with Crippen molar-refractivity contribution in [3.8, 4) is 0 Å². The van der Waals surface area contributed by atoms with Crippen LogP contribution in [0.2, 0.25) is 0 Å². The molecule has 0 aliphatic carbocycles. The summed E-state index contributed by atoms with van der Waals surface area (Å²) in [6.45, 7) is 0.898. The second kappa shape index (κ2) is 2.48. The van der Waals surface area contributed by atoms with Gasteiger partial charge in [0.05, 0.1) is 6.04 Å². The first kappa shape index (κ1) is 7.10. The van der Waals surface area contributed by atoms with Crippen LogP contribution in [0.1, 0.15) is 19.3 Å². The molecule has 2 unspecified atom stereocenters. The Hall–Kier alpha value is -0.570. The van der Waals surface area contributed by atoms with E-state index in [9.17, 15) is 4.79 Å². The molecule has 0 aromatic heterocycles. The number of likely N-dealkylation sites (N-methyl/N-ethyl adjacent to an activating group) is 1. The third kappa shape index (κ3) is 1.13. The number of carbonyl (C=O) groups is 1. The van der Waals surface area contributed by atoms with E-state index >= 15 is 0 Å². The van der Waals surface area contributed by atoms with Crippen LogP contribution < -0.4 is 5.32 Å². The van der Waals surface area contributed by atoms with Crippen LogP contribution in [0, 0.1) is 0 Å². The van der Waals surface area contributed by atoms with E-state index in [1.807, 2.05) is 11.9 Å². The van der Waals surface area contributed by atoms with Crippen molar-refractivity contribution in [3.63, 3.8) is 0 Å². The Morgan fingerprint density at radius 1 is 1.55 bits per heavy atom. The topological polar surface area (TPSA) is 32.3 Å². The maximum atomic E-state index is 11.4. The van der Waals surface area contributed by atoms with Gasteiger partial charge in [-0.3, -0.25) is 4.79 Å². The van der Waals surface area contributed by atoms with Gasteiger partial charge in [-0.15, -0.1) is 0 Å². The molecule has 2 rings (SSSR count). The first-order valence-electron chi connectivity index (χ1n) is 4.28. The highest BCUT2D eigenvalue weighted by Gasteiger charge is 2.34. The molecule has 0 aromatic carbocycles. The second-order valence-corrected chi connectivity index (χ2v) is 3.57. The minimum atomic E-state index is 0.132. The average molecular weight is 154 g/mol. The van der Waals surface area contributed by atoms with Gasteiger partial charge in [-0.2, -0.15) is 0 Å². The number of piperazine rings is 1. The Labute approximate surface area is 66.8 Å². The van der Waals surface area contributed by atoms with Gasteiger partial charge < -0.3 is 10.2 Å². The Kier molecular flexibility index (Phi) is 1.60. The molecule has 1 N–H and O–H groups in total. The smallest absolute Gasteiger partial charge is 0.239 e. The predicted octanol–water partition coefficient (Wildman–Crippen LogP) is -0.0309. The lowest BCUT2D eigenvalue weighted by Crippen LogP contribution is -2.60. The van der Waals surface area contributed by atoms with Gasteiger partial charge in [0.1, 0.15) is 0 Å². The summed E-state index contributed by atoms with van der Waals surface area (Å²) in [5.41, 5.74) is 0. The number of piperidine rings is 1. The van der Waals surface area contributed by atoms with E-state index in [-0.39, 0.29) is 11.9 Å². The zero-order valence-corrected chi connectivity index (χ0v) is 6.84. The number of hydrogen-bond acceptors (Lipinski definition) is 2. The zero-order chi connectivity index (χ0) is 7.84. The van der Waals surface area contributed by atoms with Gasteiger partial charge >= 0.3 is 0 Å². The predicted molar refractivity (Wildman–Crippen MR) is 42.2 cm³/mol. The second-order valence-electron chi connectivity index (χ2n) is 3.57. The fraction of sp³-hybridized carbons (Fsp3) is 0.875. The Bertz CT molecular complexity index is 179. The third-order valence-corrected chi connectivity index (χ3v) is 2.65. The SMILES string of the molecule is CN1CC2CCCC(N2)C1=O. The van der Waals surface area contributed by atoms with Crippen LogP contribution in [-0.2, 0) is 4.79 Å². The lowest BCUT2D eigenvalue weighted by Gasteiger charge is -2.40. The maximum absolute atomic E-state index is 11.4. The number of nitrogens with zero attached hydrogens (tertiary/aromatic N) is 1. The Morgan fingerprint density at radius 2 is 2.36 bits per heavy atom. The summed E-state index contributed by atoms with van der Waals surface area (Å²) in [5, 5.41) is 3.34. The van der Waals surface area contributed by atoms with Crippen molar-refractivity contribution in [2.24, 2.45) is 0 Å². The fourth-order valence-corrected chi connectivity index (χ4v) is 2.04. The largest absolute Gasteiger partial charge is 0.343 e. The highest BCUT2D eigenvalue weighted by molar-refractivity contribution is 5.82. The Balaban J connectivity index is 2.11. The minimum Gasteiger partial charge on any atom is -0.343 e. The van der Waals surface area contributed by atoms with Gasteiger partial charge in [0.15, 0.2) is 0 Å². The molecule has 2 aliphatic rings. The number of carbonyl (C=O) groups excluding carboxylic acids is 1. The van der Waals surface area contributed by atoms with Crippen molar-refractivity contribution >= 4 is 5.91 Å². The van der Waals surface area contributed by atoms with Crippen LogP contribution in [0.15, 0.2) is 0 Å². The summed E-state index contributed by atoms with van der Waals surface area (Å²) in [4.78, 5) is 13.3. The fourth-order valence-electron chi connectivity index (χ4n) is 2.04. The van der Waals surface area contributed by atoms with E-state index in [1.165, 1.54) is 12.8 Å². The summed E-state index contributed by atoms with van der Waals surface area (Å²) in [5.74, 6) is 0.279. The molecule has 0 radical (unpaired) electrons. The summed E-state index contributed by atoms with van der Waals surface area (Å²) in [6, 6.07) is 0.698. The maximum Gasteiger partial charge on any atom is 0.239 e. The average Bonchev–Trinajstić information content (AvgIpc) is 2.01. The number of likely N-dealkylation sites (tertiary alicyclic amines) is 1. The summed E-state index contributed by atoms with van der Waals surface area (Å²) in [7, 11) is 1.90. The van der Waals surface area contributed by atoms with Crippen LogP contribution in [0.3, 0.4) is 0 Å². The van der Waals surface area contributed by atoms with Crippen molar-refractivity contribution in [2.75, 3.05) is 13.6 Å². The molecule has 3 nitrogen and oxygen atoms in total. The molecule has 0 spiro atoms. The molecule has 0 aromatic rings. The molecule has 2 atom stereocenters. The molecule has 2 fully saturated rings. The van der Waals surface area contributed by atoms with Crippen LogP contribution in [0.4, 0.5) is 0 Å². The van der Waals surface area contributed by atoms with Crippen LogP contribution in [-0.4, -0.2) is 36.5 Å². The molecule has 0 saturated carbocycles. The van der Waals surface area contributed by atoms with E-state index in [0.717, 1.165) is 13.0 Å². The van der Waals surface area contributed by atoms with Crippen molar-refractivity contribution < 1.29 is 4.79 Å². The summed E-state index contributed by atoms with van der Waals surface area (Å²) < 4.78 is 0. The lowest BCUT2D eigenvalue weighted by molar-refractivity contribution is -0.136. The van der Waals surface area contributed by atoms with Crippen molar-refractivity contribution in [1.29, 1.82) is 0 Å². The van der Waals surface area contributed by atoms with E-state index < -0.39 is 0 Å².